The highest BCUT2D eigenvalue weighted by Crippen LogP contribution is 2.19. The van der Waals surface area contributed by atoms with E-state index in [1.165, 1.54) is 0 Å². The van der Waals surface area contributed by atoms with Gasteiger partial charge in [0.2, 0.25) is 5.91 Å². The van der Waals surface area contributed by atoms with Gasteiger partial charge in [-0.25, -0.2) is 14.8 Å². The summed E-state index contributed by atoms with van der Waals surface area (Å²) in [6, 6.07) is 0.784. The number of anilines is 1. The summed E-state index contributed by atoms with van der Waals surface area (Å²) < 4.78 is 0. The van der Waals surface area contributed by atoms with Crippen LogP contribution in [0.15, 0.2) is 6.07 Å². The second-order valence-corrected chi connectivity index (χ2v) is 6.43. The van der Waals surface area contributed by atoms with Crippen molar-refractivity contribution in [1.29, 1.82) is 0 Å². The predicted octanol–water partition coefficient (Wildman–Crippen LogP) is 0.614. The van der Waals surface area contributed by atoms with Gasteiger partial charge in [0, 0.05) is 43.9 Å². The van der Waals surface area contributed by atoms with Gasteiger partial charge in [0.15, 0.2) is 0 Å². The smallest absolute Gasteiger partial charge is 0.318 e. The summed E-state index contributed by atoms with van der Waals surface area (Å²) in [6.07, 6.45) is 0. The SMILES string of the molecule is Cc1cc(N2CCN(C(C)C(=O)NC(N)=O)CC2)nc(C(C)C)n1. The first-order chi connectivity index (χ1) is 11.3. The quantitative estimate of drug-likeness (QED) is 0.836. The highest BCUT2D eigenvalue weighted by molar-refractivity contribution is 5.96. The molecule has 8 heteroatoms. The lowest BCUT2D eigenvalue weighted by Gasteiger charge is -2.38. The Kier molecular flexibility index (Phi) is 5.71. The van der Waals surface area contributed by atoms with Gasteiger partial charge in [-0.3, -0.25) is 15.0 Å². The minimum atomic E-state index is -0.817. The van der Waals surface area contributed by atoms with E-state index < -0.39 is 12.1 Å². The molecule has 0 aromatic carbocycles. The van der Waals surface area contributed by atoms with Crippen molar-refractivity contribution in [2.24, 2.45) is 5.73 Å². The Labute approximate surface area is 142 Å². The van der Waals surface area contributed by atoms with Crippen molar-refractivity contribution in [3.8, 4) is 0 Å². The topological polar surface area (TPSA) is 104 Å². The van der Waals surface area contributed by atoms with Crippen LogP contribution in [0.5, 0.6) is 0 Å². The summed E-state index contributed by atoms with van der Waals surface area (Å²) in [7, 11) is 0. The van der Waals surface area contributed by atoms with Crippen molar-refractivity contribution in [1.82, 2.24) is 20.2 Å². The molecule has 1 saturated heterocycles. The zero-order valence-electron chi connectivity index (χ0n) is 14.7. The lowest BCUT2D eigenvalue weighted by Crippen LogP contribution is -2.55. The number of amides is 3. The number of aromatic nitrogens is 2. The van der Waals surface area contributed by atoms with Gasteiger partial charge >= 0.3 is 6.03 Å². The Balaban J connectivity index is 2.00. The fourth-order valence-electron chi connectivity index (χ4n) is 2.72. The van der Waals surface area contributed by atoms with Crippen molar-refractivity contribution >= 4 is 17.8 Å². The first-order valence-corrected chi connectivity index (χ1v) is 8.22. The van der Waals surface area contributed by atoms with Crippen molar-refractivity contribution in [2.75, 3.05) is 31.1 Å². The average molecular weight is 334 g/mol. The first kappa shape index (κ1) is 18.1. The molecule has 1 aliphatic heterocycles. The van der Waals surface area contributed by atoms with Crippen LogP contribution in [0, 0.1) is 6.92 Å². The third-order valence-electron chi connectivity index (χ3n) is 4.19. The largest absolute Gasteiger partial charge is 0.354 e. The summed E-state index contributed by atoms with van der Waals surface area (Å²) in [4.78, 5) is 36.1. The van der Waals surface area contributed by atoms with Crippen LogP contribution >= 0.6 is 0 Å². The van der Waals surface area contributed by atoms with Gasteiger partial charge in [-0.15, -0.1) is 0 Å². The molecule has 24 heavy (non-hydrogen) atoms. The number of carbonyl (C=O) groups is 2. The molecular formula is C16H26N6O2. The molecule has 0 aliphatic carbocycles. The summed E-state index contributed by atoms with van der Waals surface area (Å²) in [5, 5.41) is 2.13. The van der Waals surface area contributed by atoms with E-state index >= 15 is 0 Å². The third kappa shape index (κ3) is 4.41. The van der Waals surface area contributed by atoms with Crippen molar-refractivity contribution < 1.29 is 9.59 Å². The van der Waals surface area contributed by atoms with E-state index in [1.807, 2.05) is 17.9 Å². The number of carbonyl (C=O) groups excluding carboxylic acids is 2. The average Bonchev–Trinajstić information content (AvgIpc) is 2.53. The van der Waals surface area contributed by atoms with Crippen LogP contribution in [0.25, 0.3) is 0 Å². The third-order valence-corrected chi connectivity index (χ3v) is 4.19. The maximum absolute atomic E-state index is 11.9. The summed E-state index contributed by atoms with van der Waals surface area (Å²) >= 11 is 0. The summed E-state index contributed by atoms with van der Waals surface area (Å²) in [5.41, 5.74) is 5.96. The fourth-order valence-corrected chi connectivity index (χ4v) is 2.72. The van der Waals surface area contributed by atoms with Gasteiger partial charge < -0.3 is 10.6 Å². The van der Waals surface area contributed by atoms with Crippen LogP contribution in [0.1, 0.15) is 38.2 Å². The van der Waals surface area contributed by atoms with Crippen LogP contribution in [0.2, 0.25) is 0 Å². The highest BCUT2D eigenvalue weighted by atomic mass is 16.2. The molecule has 3 amide bonds. The molecule has 3 N–H and O–H groups in total. The normalized spacial score (nSPS) is 17.0. The van der Waals surface area contributed by atoms with E-state index in [9.17, 15) is 9.59 Å². The number of aryl methyl sites for hydroxylation is 1. The minimum absolute atomic E-state index is 0.280. The zero-order valence-corrected chi connectivity index (χ0v) is 14.7. The number of rotatable bonds is 4. The molecule has 1 aromatic rings. The molecule has 0 bridgehead atoms. The molecule has 1 fully saturated rings. The van der Waals surface area contributed by atoms with Crippen LogP contribution in [0.4, 0.5) is 10.6 Å². The first-order valence-electron chi connectivity index (χ1n) is 8.22. The van der Waals surface area contributed by atoms with E-state index in [-0.39, 0.29) is 11.8 Å². The Morgan fingerprint density at radius 3 is 2.33 bits per heavy atom. The molecule has 132 valence electrons. The molecule has 2 rings (SSSR count). The van der Waals surface area contributed by atoms with Crippen LogP contribution < -0.4 is 16.0 Å². The zero-order chi connectivity index (χ0) is 17.9. The van der Waals surface area contributed by atoms with Gasteiger partial charge in [0.05, 0.1) is 6.04 Å². The molecule has 1 aromatic heterocycles. The van der Waals surface area contributed by atoms with E-state index in [1.54, 1.807) is 6.92 Å². The number of urea groups is 1. The second kappa shape index (κ2) is 7.57. The summed E-state index contributed by atoms with van der Waals surface area (Å²) in [6.45, 7) is 10.9. The monoisotopic (exact) mass is 334 g/mol. The Hall–Kier alpha value is -2.22. The molecular weight excluding hydrogens is 308 g/mol. The standard InChI is InChI=1S/C16H26N6O2/c1-10(2)14-18-11(3)9-13(19-14)22-7-5-21(6-8-22)12(4)15(23)20-16(17)24/h9-10,12H,5-8H2,1-4H3,(H3,17,20,23,24). The minimum Gasteiger partial charge on any atom is -0.354 e. The number of nitrogens with one attached hydrogen (secondary N) is 1. The Bertz CT molecular complexity index is 611. The van der Waals surface area contributed by atoms with E-state index in [0.29, 0.717) is 13.1 Å². The Morgan fingerprint density at radius 2 is 1.79 bits per heavy atom. The number of imide groups is 1. The number of piperazine rings is 1. The van der Waals surface area contributed by atoms with Crippen molar-refractivity contribution in [3.05, 3.63) is 17.6 Å². The molecule has 0 radical (unpaired) electrons. The lowest BCUT2D eigenvalue weighted by molar-refractivity contribution is -0.124. The number of primary amides is 1. The van der Waals surface area contributed by atoms with Crippen LogP contribution in [-0.4, -0.2) is 59.0 Å². The molecule has 1 atom stereocenters. The maximum Gasteiger partial charge on any atom is 0.318 e. The number of nitrogens with two attached hydrogens (primary N) is 1. The van der Waals surface area contributed by atoms with Crippen molar-refractivity contribution in [2.45, 2.75) is 39.7 Å². The fraction of sp³-hybridized carbons (Fsp3) is 0.625. The lowest BCUT2D eigenvalue weighted by atomic mass is 10.2. The predicted molar refractivity (Wildman–Crippen MR) is 91.8 cm³/mol. The maximum atomic E-state index is 11.9. The molecule has 0 saturated carbocycles. The van der Waals surface area contributed by atoms with Gasteiger partial charge in [-0.05, 0) is 13.8 Å². The van der Waals surface area contributed by atoms with Crippen molar-refractivity contribution in [3.63, 3.8) is 0 Å². The van der Waals surface area contributed by atoms with Gasteiger partial charge in [0.1, 0.15) is 11.6 Å². The second-order valence-electron chi connectivity index (χ2n) is 6.43. The van der Waals surface area contributed by atoms with Gasteiger partial charge in [-0.1, -0.05) is 13.8 Å². The highest BCUT2D eigenvalue weighted by Gasteiger charge is 2.27. The van der Waals surface area contributed by atoms with Crippen LogP contribution in [-0.2, 0) is 4.79 Å². The van der Waals surface area contributed by atoms with Gasteiger partial charge in [-0.2, -0.15) is 0 Å². The molecule has 2 heterocycles. The number of hydrogen-bond acceptors (Lipinski definition) is 6. The molecule has 8 nitrogen and oxygen atoms in total. The van der Waals surface area contributed by atoms with E-state index in [2.05, 4.69) is 34.0 Å². The Morgan fingerprint density at radius 1 is 1.17 bits per heavy atom. The summed E-state index contributed by atoms with van der Waals surface area (Å²) in [5.74, 6) is 1.69. The van der Waals surface area contributed by atoms with E-state index in [0.717, 1.165) is 30.4 Å². The van der Waals surface area contributed by atoms with E-state index in [4.69, 9.17) is 5.73 Å². The van der Waals surface area contributed by atoms with Gasteiger partial charge in [0.25, 0.3) is 0 Å². The van der Waals surface area contributed by atoms with Crippen LogP contribution in [0.3, 0.4) is 0 Å². The molecule has 0 spiro atoms. The number of hydrogen-bond donors (Lipinski definition) is 2. The number of nitrogens with zero attached hydrogens (tertiary/aromatic N) is 4. The molecule has 1 unspecified atom stereocenters. The molecule has 1 aliphatic rings.